The number of benzene rings is 4. The molecule has 0 aliphatic rings. The second-order valence-corrected chi connectivity index (χ2v) is 7.83. The van der Waals surface area contributed by atoms with Crippen LogP contribution in [0.4, 0.5) is 5.69 Å². The molecule has 0 aliphatic carbocycles. The Kier molecular flexibility index (Phi) is 5.44. The minimum atomic E-state index is -0.429. The lowest BCUT2D eigenvalue weighted by Gasteiger charge is -2.18. The predicted octanol–water partition coefficient (Wildman–Crippen LogP) is 6.92. The maximum atomic E-state index is 13.3. The molecular formula is C27H19ClN2O2. The van der Waals surface area contributed by atoms with E-state index in [1.165, 1.54) is 0 Å². The van der Waals surface area contributed by atoms with E-state index in [0.29, 0.717) is 27.7 Å². The molecule has 5 aromatic rings. The molecule has 5 rings (SSSR count). The van der Waals surface area contributed by atoms with E-state index in [4.69, 9.17) is 16.0 Å². The topological polar surface area (TPSA) is 55.1 Å². The van der Waals surface area contributed by atoms with E-state index in [0.717, 1.165) is 16.7 Å². The van der Waals surface area contributed by atoms with Gasteiger partial charge >= 0.3 is 0 Å². The van der Waals surface area contributed by atoms with E-state index in [1.54, 1.807) is 12.1 Å². The van der Waals surface area contributed by atoms with E-state index >= 15 is 0 Å². The molecule has 0 bridgehead atoms. The van der Waals surface area contributed by atoms with Gasteiger partial charge in [0.05, 0.1) is 16.5 Å². The molecule has 4 nitrogen and oxygen atoms in total. The highest BCUT2D eigenvalue weighted by Gasteiger charge is 2.23. The molecule has 1 aromatic heterocycles. The largest absolute Gasteiger partial charge is 0.436 e. The van der Waals surface area contributed by atoms with Crippen molar-refractivity contribution < 1.29 is 9.21 Å². The SMILES string of the molecule is O=C(Nc1ccc2nc(-c3ccccc3Cl)oc2c1)C(c1ccccc1)c1ccccc1. The Morgan fingerprint density at radius 3 is 2.09 bits per heavy atom. The van der Waals surface area contributed by atoms with Crippen LogP contribution in [0.25, 0.3) is 22.6 Å². The Hall–Kier alpha value is -3.89. The summed E-state index contributed by atoms with van der Waals surface area (Å²) in [6.07, 6.45) is 0. The molecule has 0 unspecified atom stereocenters. The van der Waals surface area contributed by atoms with Crippen LogP contribution in [-0.4, -0.2) is 10.9 Å². The number of amides is 1. The van der Waals surface area contributed by atoms with Crippen LogP contribution >= 0.6 is 11.6 Å². The number of fused-ring (bicyclic) bond motifs is 1. The molecule has 1 heterocycles. The molecule has 0 spiro atoms. The molecule has 5 heteroatoms. The van der Waals surface area contributed by atoms with Crippen molar-refractivity contribution >= 4 is 34.3 Å². The van der Waals surface area contributed by atoms with Gasteiger partial charge in [-0.3, -0.25) is 4.79 Å². The second kappa shape index (κ2) is 8.69. The molecule has 156 valence electrons. The van der Waals surface area contributed by atoms with E-state index < -0.39 is 5.92 Å². The fraction of sp³-hybridized carbons (Fsp3) is 0.0370. The molecule has 0 saturated carbocycles. The zero-order valence-electron chi connectivity index (χ0n) is 17.0. The van der Waals surface area contributed by atoms with Crippen molar-refractivity contribution in [1.29, 1.82) is 0 Å². The molecule has 4 aromatic carbocycles. The van der Waals surface area contributed by atoms with Crippen LogP contribution in [0.15, 0.2) is 108 Å². The minimum Gasteiger partial charge on any atom is -0.436 e. The summed E-state index contributed by atoms with van der Waals surface area (Å²) in [5.74, 6) is -0.102. The summed E-state index contributed by atoms with van der Waals surface area (Å²) < 4.78 is 5.94. The van der Waals surface area contributed by atoms with Crippen LogP contribution in [0.2, 0.25) is 5.02 Å². The van der Waals surface area contributed by atoms with Crippen molar-refractivity contribution in [3.05, 3.63) is 119 Å². The number of halogens is 1. The molecule has 0 fully saturated rings. The number of carbonyl (C=O) groups excluding carboxylic acids is 1. The van der Waals surface area contributed by atoms with Gasteiger partial charge < -0.3 is 9.73 Å². The van der Waals surface area contributed by atoms with Crippen LogP contribution < -0.4 is 5.32 Å². The van der Waals surface area contributed by atoms with Crippen LogP contribution in [0.5, 0.6) is 0 Å². The third-order valence-electron chi connectivity index (χ3n) is 5.29. The first-order valence-corrected chi connectivity index (χ1v) is 10.6. The third kappa shape index (κ3) is 4.01. The lowest BCUT2D eigenvalue weighted by molar-refractivity contribution is -0.116. The number of anilines is 1. The lowest BCUT2D eigenvalue weighted by atomic mass is 9.90. The number of nitrogens with one attached hydrogen (secondary N) is 1. The molecule has 0 atom stereocenters. The van der Waals surface area contributed by atoms with Gasteiger partial charge in [0.1, 0.15) is 5.52 Å². The molecule has 32 heavy (non-hydrogen) atoms. The zero-order chi connectivity index (χ0) is 21.9. The van der Waals surface area contributed by atoms with Gasteiger partial charge in [-0.25, -0.2) is 4.98 Å². The maximum absolute atomic E-state index is 13.3. The van der Waals surface area contributed by atoms with Crippen molar-refractivity contribution in [2.75, 3.05) is 5.32 Å². The molecule has 0 saturated heterocycles. The third-order valence-corrected chi connectivity index (χ3v) is 5.62. The summed E-state index contributed by atoms with van der Waals surface area (Å²) in [4.78, 5) is 17.9. The van der Waals surface area contributed by atoms with Gasteiger partial charge in [-0.1, -0.05) is 84.4 Å². The average Bonchev–Trinajstić information content (AvgIpc) is 3.24. The van der Waals surface area contributed by atoms with Crippen LogP contribution in [0.1, 0.15) is 17.0 Å². The van der Waals surface area contributed by atoms with Crippen LogP contribution in [0, 0.1) is 0 Å². The Balaban J connectivity index is 1.46. The zero-order valence-corrected chi connectivity index (χ0v) is 17.8. The van der Waals surface area contributed by atoms with Gasteiger partial charge in [0.2, 0.25) is 11.8 Å². The van der Waals surface area contributed by atoms with Crippen molar-refractivity contribution in [2.24, 2.45) is 0 Å². The van der Waals surface area contributed by atoms with Crippen LogP contribution in [0.3, 0.4) is 0 Å². The van der Waals surface area contributed by atoms with Crippen molar-refractivity contribution in [3.8, 4) is 11.5 Å². The number of carbonyl (C=O) groups is 1. The fourth-order valence-corrected chi connectivity index (χ4v) is 3.97. The quantitative estimate of drug-likeness (QED) is 0.324. The van der Waals surface area contributed by atoms with Crippen molar-refractivity contribution in [1.82, 2.24) is 4.98 Å². The molecule has 0 aliphatic heterocycles. The highest BCUT2D eigenvalue weighted by Crippen LogP contribution is 2.31. The normalized spacial score (nSPS) is 11.1. The summed E-state index contributed by atoms with van der Waals surface area (Å²) in [7, 11) is 0. The number of aromatic nitrogens is 1. The Bertz CT molecular complexity index is 1340. The average molecular weight is 439 g/mol. The summed E-state index contributed by atoms with van der Waals surface area (Å²) in [6, 6.07) is 32.3. The maximum Gasteiger partial charge on any atom is 0.236 e. The number of hydrogen-bond donors (Lipinski definition) is 1. The number of rotatable bonds is 5. The molecular weight excluding hydrogens is 420 g/mol. The predicted molar refractivity (Wildman–Crippen MR) is 128 cm³/mol. The number of oxazole rings is 1. The Labute approximate surface area is 190 Å². The smallest absolute Gasteiger partial charge is 0.236 e. The minimum absolute atomic E-state index is 0.118. The fourth-order valence-electron chi connectivity index (χ4n) is 3.75. The molecule has 1 N–H and O–H groups in total. The van der Waals surface area contributed by atoms with E-state index in [2.05, 4.69) is 10.3 Å². The van der Waals surface area contributed by atoms with Crippen LogP contribution in [-0.2, 0) is 4.79 Å². The van der Waals surface area contributed by atoms with Gasteiger partial charge in [0, 0.05) is 11.8 Å². The first kappa shape index (κ1) is 20.0. The lowest BCUT2D eigenvalue weighted by Crippen LogP contribution is -2.22. The van der Waals surface area contributed by atoms with Gasteiger partial charge in [-0.2, -0.15) is 0 Å². The first-order chi connectivity index (χ1) is 15.7. The summed E-state index contributed by atoms with van der Waals surface area (Å²) in [6.45, 7) is 0. The second-order valence-electron chi connectivity index (χ2n) is 7.42. The standard InChI is InChI=1S/C27H19ClN2O2/c28-22-14-8-7-13-21(22)27-30-23-16-15-20(17-24(23)32-27)29-26(31)25(18-9-3-1-4-10-18)19-11-5-2-6-12-19/h1-17,25H,(H,29,31). The Morgan fingerprint density at radius 2 is 1.44 bits per heavy atom. The van der Waals surface area contributed by atoms with Crippen molar-refractivity contribution in [3.63, 3.8) is 0 Å². The first-order valence-electron chi connectivity index (χ1n) is 10.3. The van der Waals surface area contributed by atoms with Gasteiger partial charge in [0.25, 0.3) is 0 Å². The molecule has 1 amide bonds. The Morgan fingerprint density at radius 1 is 0.812 bits per heavy atom. The summed E-state index contributed by atoms with van der Waals surface area (Å²) in [5.41, 5.74) is 4.50. The van der Waals surface area contributed by atoms with E-state index in [1.807, 2.05) is 91.0 Å². The summed E-state index contributed by atoms with van der Waals surface area (Å²) >= 11 is 6.28. The highest BCUT2D eigenvalue weighted by atomic mass is 35.5. The van der Waals surface area contributed by atoms with E-state index in [9.17, 15) is 4.79 Å². The number of hydrogen-bond acceptors (Lipinski definition) is 3. The van der Waals surface area contributed by atoms with Gasteiger partial charge in [-0.05, 0) is 35.4 Å². The highest BCUT2D eigenvalue weighted by molar-refractivity contribution is 6.33. The van der Waals surface area contributed by atoms with Gasteiger partial charge in [-0.15, -0.1) is 0 Å². The molecule has 0 radical (unpaired) electrons. The monoisotopic (exact) mass is 438 g/mol. The van der Waals surface area contributed by atoms with E-state index in [-0.39, 0.29) is 5.91 Å². The van der Waals surface area contributed by atoms with Crippen molar-refractivity contribution in [2.45, 2.75) is 5.92 Å². The van der Waals surface area contributed by atoms with Gasteiger partial charge in [0.15, 0.2) is 5.58 Å². The summed E-state index contributed by atoms with van der Waals surface area (Å²) in [5, 5.41) is 3.61. The number of nitrogens with zero attached hydrogens (tertiary/aromatic N) is 1.